The zero-order chi connectivity index (χ0) is 8.84. The summed E-state index contributed by atoms with van der Waals surface area (Å²) in [5, 5.41) is 0. The third kappa shape index (κ3) is 0.848. The average Bonchev–Trinajstić information content (AvgIpc) is 2.62. The van der Waals surface area contributed by atoms with Crippen LogP contribution in [0.4, 0.5) is 0 Å². The maximum Gasteiger partial charge on any atom is 0.184 e. The molecule has 2 aromatic heterocycles. The number of ketones is 1. The molecule has 0 fully saturated rings. The summed E-state index contributed by atoms with van der Waals surface area (Å²) in [6.07, 6.45) is 6.45. The lowest BCUT2D eigenvalue weighted by atomic mass is 10.1. The number of Topliss-reactive ketones (excluding diaryl/α,β-unsaturated/α-hetero) is 1. The third-order valence-corrected chi connectivity index (χ3v) is 3.33. The second-order valence-corrected chi connectivity index (χ2v) is 4.12. The Morgan fingerprint density at radius 2 is 2.38 bits per heavy atom. The lowest BCUT2D eigenvalue weighted by Gasteiger charge is -2.02. The summed E-state index contributed by atoms with van der Waals surface area (Å²) in [6.45, 7) is 0. The average molecular weight is 189 g/mol. The van der Waals surface area contributed by atoms with E-state index >= 15 is 0 Å². The van der Waals surface area contributed by atoms with Gasteiger partial charge in [0, 0.05) is 12.6 Å². The first-order valence-electron chi connectivity index (χ1n) is 4.16. The zero-order valence-corrected chi connectivity index (χ0v) is 7.67. The molecule has 1 aliphatic rings. The first kappa shape index (κ1) is 7.09. The first-order valence-corrected chi connectivity index (χ1v) is 4.97. The van der Waals surface area contributed by atoms with E-state index in [0.29, 0.717) is 6.42 Å². The Hall–Kier alpha value is -1.35. The SMILES string of the molecule is O=C1CC=Cc2sc3cccn3c21. The highest BCUT2D eigenvalue weighted by molar-refractivity contribution is 7.18. The highest BCUT2D eigenvalue weighted by Crippen LogP contribution is 2.29. The van der Waals surface area contributed by atoms with Crippen LogP contribution in [-0.4, -0.2) is 10.2 Å². The maximum absolute atomic E-state index is 11.6. The van der Waals surface area contributed by atoms with Gasteiger partial charge in [-0.05, 0) is 18.2 Å². The number of carbonyl (C=O) groups is 1. The molecule has 0 amide bonds. The number of rotatable bonds is 0. The molecule has 64 valence electrons. The molecule has 0 saturated carbocycles. The fraction of sp³-hybridized carbons (Fsp3) is 0.100. The topological polar surface area (TPSA) is 21.5 Å². The summed E-state index contributed by atoms with van der Waals surface area (Å²) >= 11 is 1.67. The van der Waals surface area contributed by atoms with Crippen LogP contribution >= 0.6 is 11.3 Å². The highest BCUT2D eigenvalue weighted by Gasteiger charge is 2.18. The first-order chi connectivity index (χ1) is 6.36. The number of hydrogen-bond donors (Lipinski definition) is 0. The third-order valence-electron chi connectivity index (χ3n) is 2.24. The van der Waals surface area contributed by atoms with Crippen molar-refractivity contribution in [3.63, 3.8) is 0 Å². The van der Waals surface area contributed by atoms with Crippen molar-refractivity contribution in [2.24, 2.45) is 0 Å². The van der Waals surface area contributed by atoms with Crippen LogP contribution in [0.25, 0.3) is 10.9 Å². The summed E-state index contributed by atoms with van der Waals surface area (Å²) in [7, 11) is 0. The molecule has 2 aromatic rings. The summed E-state index contributed by atoms with van der Waals surface area (Å²) in [5.74, 6) is 0.222. The van der Waals surface area contributed by atoms with Gasteiger partial charge in [0.05, 0.1) is 4.88 Å². The predicted molar refractivity (Wildman–Crippen MR) is 53.3 cm³/mol. The highest BCUT2D eigenvalue weighted by atomic mass is 32.1. The Morgan fingerprint density at radius 3 is 3.31 bits per heavy atom. The molecule has 0 unspecified atom stereocenters. The zero-order valence-electron chi connectivity index (χ0n) is 6.86. The van der Waals surface area contributed by atoms with Crippen LogP contribution in [0.3, 0.4) is 0 Å². The number of fused-ring (bicyclic) bond motifs is 3. The van der Waals surface area contributed by atoms with Gasteiger partial charge in [-0.2, -0.15) is 0 Å². The summed E-state index contributed by atoms with van der Waals surface area (Å²) in [5.41, 5.74) is 0.854. The van der Waals surface area contributed by atoms with Gasteiger partial charge in [0.25, 0.3) is 0 Å². The molecule has 0 bridgehead atoms. The quantitative estimate of drug-likeness (QED) is 0.624. The fourth-order valence-corrected chi connectivity index (χ4v) is 2.76. The van der Waals surface area contributed by atoms with Gasteiger partial charge in [-0.15, -0.1) is 11.3 Å². The second kappa shape index (κ2) is 2.33. The molecular formula is C10H7NOS. The number of nitrogens with zero attached hydrogens (tertiary/aromatic N) is 1. The van der Waals surface area contributed by atoms with Crippen molar-refractivity contribution in [1.82, 2.24) is 4.40 Å². The Balaban J connectivity index is 2.47. The van der Waals surface area contributed by atoms with Gasteiger partial charge in [0.2, 0.25) is 0 Å². The maximum atomic E-state index is 11.6. The lowest BCUT2D eigenvalue weighted by molar-refractivity contribution is 0.0989. The van der Waals surface area contributed by atoms with Crippen LogP contribution in [0.2, 0.25) is 0 Å². The molecule has 2 nitrogen and oxygen atoms in total. The van der Waals surface area contributed by atoms with E-state index < -0.39 is 0 Å². The molecule has 0 atom stereocenters. The normalized spacial score (nSPS) is 15.2. The van der Waals surface area contributed by atoms with Crippen LogP contribution < -0.4 is 0 Å². The molecule has 0 N–H and O–H groups in total. The molecule has 0 spiro atoms. The molecule has 0 radical (unpaired) electrons. The molecule has 1 aliphatic carbocycles. The number of allylic oxidation sites excluding steroid dienone is 1. The predicted octanol–water partition coefficient (Wildman–Crippen LogP) is 2.60. The summed E-state index contributed by atoms with van der Waals surface area (Å²) < 4.78 is 1.98. The second-order valence-electron chi connectivity index (χ2n) is 3.06. The summed E-state index contributed by atoms with van der Waals surface area (Å²) in [6, 6.07) is 4.00. The van der Waals surface area contributed by atoms with Crippen molar-refractivity contribution in [2.45, 2.75) is 6.42 Å². The minimum atomic E-state index is 0.222. The number of hydrogen-bond acceptors (Lipinski definition) is 2. The Kier molecular flexibility index (Phi) is 1.27. The van der Waals surface area contributed by atoms with Gasteiger partial charge in [-0.25, -0.2) is 0 Å². The molecule has 3 rings (SSSR count). The Labute approximate surface area is 79.1 Å². The van der Waals surface area contributed by atoms with E-state index in [1.165, 1.54) is 0 Å². The largest absolute Gasteiger partial charge is 0.304 e. The molecule has 0 aromatic carbocycles. The van der Waals surface area contributed by atoms with Gasteiger partial charge in [0.1, 0.15) is 10.5 Å². The summed E-state index contributed by atoms with van der Waals surface area (Å²) in [4.78, 5) is 13.8. The standard InChI is InChI=1S/C10H7NOS/c12-7-3-1-4-8-10(7)11-6-2-5-9(11)13-8/h1-2,4-6H,3H2. The van der Waals surface area contributed by atoms with Crippen molar-refractivity contribution >= 4 is 28.0 Å². The number of aromatic nitrogens is 1. The van der Waals surface area contributed by atoms with E-state index in [2.05, 4.69) is 0 Å². The smallest absolute Gasteiger partial charge is 0.184 e. The molecular weight excluding hydrogens is 182 g/mol. The number of carbonyl (C=O) groups excluding carboxylic acids is 1. The van der Waals surface area contributed by atoms with E-state index in [-0.39, 0.29) is 5.78 Å². The van der Waals surface area contributed by atoms with E-state index in [0.717, 1.165) is 15.4 Å². The van der Waals surface area contributed by atoms with Gasteiger partial charge in [-0.1, -0.05) is 6.08 Å². The molecule has 13 heavy (non-hydrogen) atoms. The molecule has 3 heteroatoms. The van der Waals surface area contributed by atoms with Crippen molar-refractivity contribution in [3.8, 4) is 0 Å². The minimum Gasteiger partial charge on any atom is -0.304 e. The van der Waals surface area contributed by atoms with Crippen LogP contribution in [0.1, 0.15) is 21.8 Å². The molecule has 0 saturated heterocycles. The van der Waals surface area contributed by atoms with Crippen LogP contribution in [0, 0.1) is 0 Å². The van der Waals surface area contributed by atoms with Crippen LogP contribution in [-0.2, 0) is 0 Å². The monoisotopic (exact) mass is 189 g/mol. The van der Waals surface area contributed by atoms with E-state index in [1.807, 2.05) is 34.9 Å². The van der Waals surface area contributed by atoms with Gasteiger partial charge >= 0.3 is 0 Å². The molecule has 0 aliphatic heterocycles. The van der Waals surface area contributed by atoms with Crippen molar-refractivity contribution in [3.05, 3.63) is 35.0 Å². The van der Waals surface area contributed by atoms with Crippen molar-refractivity contribution in [2.75, 3.05) is 0 Å². The van der Waals surface area contributed by atoms with E-state index in [4.69, 9.17) is 0 Å². The minimum absolute atomic E-state index is 0.222. The lowest BCUT2D eigenvalue weighted by Crippen LogP contribution is -2.05. The Bertz CT molecular complexity index is 518. The van der Waals surface area contributed by atoms with Gasteiger partial charge < -0.3 is 4.40 Å². The molecule has 2 heterocycles. The van der Waals surface area contributed by atoms with E-state index in [9.17, 15) is 4.79 Å². The van der Waals surface area contributed by atoms with E-state index in [1.54, 1.807) is 11.3 Å². The van der Waals surface area contributed by atoms with Gasteiger partial charge in [0.15, 0.2) is 5.78 Å². The fourth-order valence-electron chi connectivity index (χ4n) is 1.67. The van der Waals surface area contributed by atoms with Crippen LogP contribution in [0.15, 0.2) is 24.4 Å². The Morgan fingerprint density at radius 1 is 1.46 bits per heavy atom. The van der Waals surface area contributed by atoms with Crippen LogP contribution in [0.5, 0.6) is 0 Å². The van der Waals surface area contributed by atoms with Gasteiger partial charge in [-0.3, -0.25) is 4.79 Å². The number of thiazole rings is 1. The van der Waals surface area contributed by atoms with Crippen molar-refractivity contribution in [1.29, 1.82) is 0 Å². The van der Waals surface area contributed by atoms with Crippen molar-refractivity contribution < 1.29 is 4.79 Å².